The van der Waals surface area contributed by atoms with Crippen molar-refractivity contribution < 1.29 is 4.79 Å². The summed E-state index contributed by atoms with van der Waals surface area (Å²) in [6.07, 6.45) is 1.90. The van der Waals surface area contributed by atoms with Gasteiger partial charge in [0.2, 0.25) is 5.91 Å². The molecule has 0 saturated carbocycles. The lowest BCUT2D eigenvalue weighted by molar-refractivity contribution is -0.116. The molecule has 5 heteroatoms. The SMILES string of the molecule is Cc1cccc(NC(=O)CCCc2c(-c3ccc4ccccc4n3)[nH]c3ccc(Cl)cc23)c1C. The molecule has 2 N–H and O–H groups in total. The lowest BCUT2D eigenvalue weighted by Gasteiger charge is -2.10. The van der Waals surface area contributed by atoms with Crippen molar-refractivity contribution in [1.82, 2.24) is 9.97 Å². The number of nitrogens with one attached hydrogen (secondary N) is 2. The Morgan fingerprint density at radius 2 is 1.85 bits per heavy atom. The maximum absolute atomic E-state index is 12.7. The molecule has 5 aromatic rings. The number of fused-ring (bicyclic) bond motifs is 2. The minimum absolute atomic E-state index is 0.0250. The molecule has 0 aliphatic heterocycles. The third kappa shape index (κ3) is 4.42. The number of aryl methyl sites for hydroxylation is 2. The molecule has 0 saturated heterocycles. The third-order valence-electron chi connectivity index (χ3n) is 6.43. The van der Waals surface area contributed by atoms with Crippen LogP contribution in [0.5, 0.6) is 0 Å². The minimum Gasteiger partial charge on any atom is -0.353 e. The van der Waals surface area contributed by atoms with Crippen molar-refractivity contribution in [2.24, 2.45) is 0 Å². The molecule has 0 radical (unpaired) electrons. The highest BCUT2D eigenvalue weighted by molar-refractivity contribution is 6.31. The molecule has 2 aromatic heterocycles. The average Bonchev–Trinajstić information content (AvgIpc) is 3.19. The molecule has 0 spiro atoms. The van der Waals surface area contributed by atoms with Gasteiger partial charge in [0.15, 0.2) is 0 Å². The summed E-state index contributed by atoms with van der Waals surface area (Å²) in [4.78, 5) is 21.1. The number of halogens is 1. The van der Waals surface area contributed by atoms with Crippen molar-refractivity contribution in [2.45, 2.75) is 33.1 Å². The lowest BCUT2D eigenvalue weighted by atomic mass is 10.0. The summed E-state index contributed by atoms with van der Waals surface area (Å²) in [5.74, 6) is 0.0250. The first kappa shape index (κ1) is 22.2. The molecule has 0 aliphatic carbocycles. The van der Waals surface area contributed by atoms with Crippen LogP contribution < -0.4 is 5.32 Å². The number of pyridine rings is 1. The first-order valence-electron chi connectivity index (χ1n) is 11.5. The quantitative estimate of drug-likeness (QED) is 0.270. The molecule has 1 amide bonds. The van der Waals surface area contributed by atoms with Crippen molar-refractivity contribution in [2.75, 3.05) is 5.32 Å². The number of H-pyrrole nitrogens is 1. The van der Waals surface area contributed by atoms with Gasteiger partial charge in [0.1, 0.15) is 0 Å². The van der Waals surface area contributed by atoms with Crippen LogP contribution in [0.15, 0.2) is 72.8 Å². The van der Waals surface area contributed by atoms with E-state index < -0.39 is 0 Å². The van der Waals surface area contributed by atoms with E-state index in [1.165, 1.54) is 5.56 Å². The van der Waals surface area contributed by atoms with Gasteiger partial charge in [-0.2, -0.15) is 0 Å². The molecule has 3 aromatic carbocycles. The molecule has 34 heavy (non-hydrogen) atoms. The van der Waals surface area contributed by atoms with Crippen LogP contribution in [0, 0.1) is 13.8 Å². The van der Waals surface area contributed by atoms with Crippen LogP contribution in [0.25, 0.3) is 33.2 Å². The molecular formula is C29H26ClN3O. The first-order valence-corrected chi connectivity index (χ1v) is 11.9. The van der Waals surface area contributed by atoms with Gasteiger partial charge in [-0.15, -0.1) is 0 Å². The number of hydrogen-bond acceptors (Lipinski definition) is 2. The lowest BCUT2D eigenvalue weighted by Crippen LogP contribution is -2.12. The fourth-order valence-electron chi connectivity index (χ4n) is 4.43. The maximum Gasteiger partial charge on any atom is 0.224 e. The Kier molecular flexibility index (Phi) is 6.08. The van der Waals surface area contributed by atoms with Gasteiger partial charge in [-0.25, -0.2) is 4.98 Å². The van der Waals surface area contributed by atoms with Crippen LogP contribution in [0.3, 0.4) is 0 Å². The van der Waals surface area contributed by atoms with E-state index >= 15 is 0 Å². The van der Waals surface area contributed by atoms with Crippen molar-refractivity contribution in [3.63, 3.8) is 0 Å². The summed E-state index contributed by atoms with van der Waals surface area (Å²) in [6.45, 7) is 4.08. The number of rotatable bonds is 6. The summed E-state index contributed by atoms with van der Waals surface area (Å²) in [6, 6.07) is 24.1. The van der Waals surface area contributed by atoms with E-state index in [4.69, 9.17) is 16.6 Å². The molecule has 0 bridgehead atoms. The van der Waals surface area contributed by atoms with Gasteiger partial charge in [-0.05, 0) is 79.8 Å². The van der Waals surface area contributed by atoms with Gasteiger partial charge in [-0.3, -0.25) is 4.79 Å². The fraction of sp³-hybridized carbons (Fsp3) is 0.172. The van der Waals surface area contributed by atoms with Crippen LogP contribution in [0.4, 0.5) is 5.69 Å². The number of aromatic amines is 1. The summed E-state index contributed by atoms with van der Waals surface area (Å²) in [5, 5.41) is 5.94. The maximum atomic E-state index is 12.7. The molecule has 0 atom stereocenters. The number of nitrogens with zero attached hydrogens (tertiary/aromatic N) is 1. The van der Waals surface area contributed by atoms with E-state index in [1.807, 2.05) is 61.5 Å². The Hall–Kier alpha value is -3.63. The van der Waals surface area contributed by atoms with E-state index in [1.54, 1.807) is 0 Å². The van der Waals surface area contributed by atoms with Gasteiger partial charge in [-0.1, -0.05) is 48.0 Å². The Labute approximate surface area is 204 Å². The van der Waals surface area contributed by atoms with Crippen LogP contribution in [-0.4, -0.2) is 15.9 Å². The zero-order valence-corrected chi connectivity index (χ0v) is 20.0. The molecule has 170 valence electrons. The molecule has 0 fully saturated rings. The smallest absolute Gasteiger partial charge is 0.224 e. The number of anilines is 1. The second kappa shape index (κ2) is 9.32. The van der Waals surface area contributed by atoms with Crippen LogP contribution >= 0.6 is 11.6 Å². The summed E-state index contributed by atoms with van der Waals surface area (Å²) >= 11 is 6.33. The molecule has 2 heterocycles. The highest BCUT2D eigenvalue weighted by atomic mass is 35.5. The predicted octanol–water partition coefficient (Wildman–Crippen LogP) is 7.61. The summed E-state index contributed by atoms with van der Waals surface area (Å²) in [7, 11) is 0. The Morgan fingerprint density at radius 3 is 2.74 bits per heavy atom. The van der Waals surface area contributed by atoms with Crippen LogP contribution in [-0.2, 0) is 11.2 Å². The number of carbonyl (C=O) groups excluding carboxylic acids is 1. The minimum atomic E-state index is 0.0250. The van der Waals surface area contributed by atoms with Gasteiger partial charge >= 0.3 is 0 Å². The number of benzene rings is 3. The van der Waals surface area contributed by atoms with Crippen molar-refractivity contribution in [3.8, 4) is 11.4 Å². The molecule has 5 rings (SSSR count). The Balaban J connectivity index is 1.41. The van der Waals surface area contributed by atoms with Crippen LogP contribution in [0.2, 0.25) is 5.02 Å². The first-order chi connectivity index (χ1) is 16.5. The number of para-hydroxylation sites is 1. The van der Waals surface area contributed by atoms with E-state index in [2.05, 4.69) is 35.4 Å². The monoisotopic (exact) mass is 467 g/mol. The second-order valence-corrected chi connectivity index (χ2v) is 9.14. The van der Waals surface area contributed by atoms with Crippen molar-refractivity contribution in [3.05, 3.63) is 94.5 Å². The van der Waals surface area contributed by atoms with E-state index in [0.717, 1.165) is 62.8 Å². The fourth-order valence-corrected chi connectivity index (χ4v) is 4.60. The largest absolute Gasteiger partial charge is 0.353 e. The highest BCUT2D eigenvalue weighted by Crippen LogP contribution is 2.33. The van der Waals surface area contributed by atoms with Crippen molar-refractivity contribution >= 4 is 45.0 Å². The topological polar surface area (TPSA) is 57.8 Å². The average molecular weight is 468 g/mol. The number of carbonyl (C=O) groups is 1. The standard InChI is InChI=1S/C29H26ClN3O/c1-18-7-5-11-24(19(18)2)32-28(34)12-6-9-22-23-17-21(30)14-16-26(23)33-29(22)27-15-13-20-8-3-4-10-25(20)31-27/h3-5,7-8,10-11,13-17,33H,6,9,12H2,1-2H3,(H,32,34). The van der Waals surface area contributed by atoms with E-state index in [0.29, 0.717) is 11.4 Å². The van der Waals surface area contributed by atoms with Crippen molar-refractivity contribution in [1.29, 1.82) is 0 Å². The Bertz CT molecular complexity index is 1520. The van der Waals surface area contributed by atoms with E-state index in [-0.39, 0.29) is 5.91 Å². The normalized spacial score (nSPS) is 11.3. The highest BCUT2D eigenvalue weighted by Gasteiger charge is 2.16. The molecule has 0 unspecified atom stereocenters. The van der Waals surface area contributed by atoms with Gasteiger partial charge in [0, 0.05) is 33.4 Å². The number of hydrogen-bond donors (Lipinski definition) is 2. The van der Waals surface area contributed by atoms with E-state index in [9.17, 15) is 4.79 Å². The number of aromatic nitrogens is 2. The number of amides is 1. The summed E-state index contributed by atoms with van der Waals surface area (Å²) < 4.78 is 0. The molecule has 4 nitrogen and oxygen atoms in total. The zero-order chi connectivity index (χ0) is 23.7. The molecule has 0 aliphatic rings. The van der Waals surface area contributed by atoms with Crippen LogP contribution in [0.1, 0.15) is 29.5 Å². The predicted molar refractivity (Wildman–Crippen MR) is 142 cm³/mol. The summed E-state index contributed by atoms with van der Waals surface area (Å²) in [5.41, 5.74) is 8.14. The third-order valence-corrected chi connectivity index (χ3v) is 6.67. The van der Waals surface area contributed by atoms with Gasteiger partial charge in [0.05, 0.1) is 16.9 Å². The second-order valence-electron chi connectivity index (χ2n) is 8.71. The van der Waals surface area contributed by atoms with Gasteiger partial charge in [0.25, 0.3) is 0 Å². The zero-order valence-electron chi connectivity index (χ0n) is 19.3. The molecular weight excluding hydrogens is 442 g/mol. The van der Waals surface area contributed by atoms with Gasteiger partial charge < -0.3 is 10.3 Å². The Morgan fingerprint density at radius 1 is 1.00 bits per heavy atom.